The van der Waals surface area contributed by atoms with Crippen LogP contribution in [0.2, 0.25) is 0 Å². The number of nitrogens with one attached hydrogen (secondary N) is 2. The Morgan fingerprint density at radius 1 is 1.00 bits per heavy atom. The summed E-state index contributed by atoms with van der Waals surface area (Å²) in [5.41, 5.74) is 6.61. The van der Waals surface area contributed by atoms with Crippen molar-refractivity contribution in [3.8, 4) is 5.75 Å². The van der Waals surface area contributed by atoms with Gasteiger partial charge in [-0.2, -0.15) is 0 Å². The number of carbonyl (C=O) groups is 1. The molecule has 0 aliphatic rings. The van der Waals surface area contributed by atoms with Crippen LogP contribution >= 0.6 is 31.9 Å². The summed E-state index contributed by atoms with van der Waals surface area (Å²) in [6.45, 7) is 0. The SMILES string of the molecule is O=C(NNc1c(Br)cccc1Br)c1ccc(O)cc1. The number of benzene rings is 2. The van der Waals surface area contributed by atoms with Crippen molar-refractivity contribution in [1.82, 2.24) is 5.43 Å². The normalized spacial score (nSPS) is 10.0. The Kier molecular flexibility index (Phi) is 4.44. The van der Waals surface area contributed by atoms with E-state index in [9.17, 15) is 4.79 Å². The van der Waals surface area contributed by atoms with E-state index < -0.39 is 0 Å². The summed E-state index contributed by atoms with van der Waals surface area (Å²) in [5, 5.41) is 9.16. The third kappa shape index (κ3) is 3.48. The Morgan fingerprint density at radius 3 is 2.16 bits per heavy atom. The van der Waals surface area contributed by atoms with Crippen LogP contribution < -0.4 is 10.9 Å². The summed E-state index contributed by atoms with van der Waals surface area (Å²) < 4.78 is 1.65. The Hall–Kier alpha value is -1.53. The van der Waals surface area contributed by atoms with Crippen LogP contribution in [-0.4, -0.2) is 11.0 Å². The van der Waals surface area contributed by atoms with E-state index in [0.717, 1.165) is 14.6 Å². The fraction of sp³-hybridized carbons (Fsp3) is 0. The molecule has 0 aromatic heterocycles. The van der Waals surface area contributed by atoms with E-state index in [-0.39, 0.29) is 11.7 Å². The Morgan fingerprint density at radius 2 is 1.58 bits per heavy atom. The number of phenols is 1. The minimum absolute atomic E-state index is 0.123. The van der Waals surface area contributed by atoms with Gasteiger partial charge in [0, 0.05) is 14.5 Å². The molecule has 19 heavy (non-hydrogen) atoms. The van der Waals surface area contributed by atoms with Gasteiger partial charge in [-0.1, -0.05) is 6.07 Å². The summed E-state index contributed by atoms with van der Waals surface area (Å²) in [7, 11) is 0. The van der Waals surface area contributed by atoms with Crippen LogP contribution in [0.4, 0.5) is 5.69 Å². The number of amides is 1. The maximum Gasteiger partial charge on any atom is 0.269 e. The summed E-state index contributed by atoms with van der Waals surface area (Å²) in [6.07, 6.45) is 0. The van der Waals surface area contributed by atoms with E-state index >= 15 is 0 Å². The molecule has 0 saturated heterocycles. The fourth-order valence-electron chi connectivity index (χ4n) is 1.42. The zero-order chi connectivity index (χ0) is 13.8. The van der Waals surface area contributed by atoms with Crippen LogP contribution in [0, 0.1) is 0 Å². The maximum absolute atomic E-state index is 11.9. The highest BCUT2D eigenvalue weighted by Gasteiger charge is 2.08. The van der Waals surface area contributed by atoms with Gasteiger partial charge in [-0.15, -0.1) is 0 Å². The molecule has 0 bridgehead atoms. The molecule has 0 heterocycles. The Balaban J connectivity index is 2.06. The van der Waals surface area contributed by atoms with Gasteiger partial charge in [0.1, 0.15) is 5.75 Å². The molecule has 2 rings (SSSR count). The quantitative estimate of drug-likeness (QED) is 0.706. The predicted molar refractivity (Wildman–Crippen MR) is 81.0 cm³/mol. The molecule has 6 heteroatoms. The molecule has 1 amide bonds. The predicted octanol–water partition coefficient (Wildman–Crippen LogP) is 3.67. The van der Waals surface area contributed by atoms with Crippen LogP contribution in [-0.2, 0) is 0 Å². The molecule has 0 spiro atoms. The van der Waals surface area contributed by atoms with E-state index in [1.807, 2.05) is 18.2 Å². The summed E-state index contributed by atoms with van der Waals surface area (Å²) in [4.78, 5) is 11.9. The standard InChI is InChI=1S/C13H10Br2N2O2/c14-10-2-1-3-11(15)12(10)16-17-13(19)8-4-6-9(18)7-5-8/h1-7,16,18H,(H,17,19). The topological polar surface area (TPSA) is 61.4 Å². The number of carbonyl (C=O) groups excluding carboxylic acids is 1. The van der Waals surface area contributed by atoms with E-state index in [0.29, 0.717) is 5.56 Å². The average molecular weight is 386 g/mol. The highest BCUT2D eigenvalue weighted by atomic mass is 79.9. The van der Waals surface area contributed by atoms with Crippen LogP contribution in [0.5, 0.6) is 5.75 Å². The van der Waals surface area contributed by atoms with E-state index in [1.165, 1.54) is 12.1 Å². The highest BCUT2D eigenvalue weighted by molar-refractivity contribution is 9.11. The first-order valence-electron chi connectivity index (χ1n) is 5.37. The van der Waals surface area contributed by atoms with Gasteiger partial charge in [0.25, 0.3) is 5.91 Å². The van der Waals surface area contributed by atoms with E-state index in [1.54, 1.807) is 12.1 Å². The lowest BCUT2D eigenvalue weighted by molar-refractivity contribution is 0.0962. The van der Waals surface area contributed by atoms with Crippen LogP contribution in [0.1, 0.15) is 10.4 Å². The first-order valence-corrected chi connectivity index (χ1v) is 6.96. The fourth-order valence-corrected chi connectivity index (χ4v) is 2.62. The lowest BCUT2D eigenvalue weighted by Gasteiger charge is -2.11. The molecule has 0 aliphatic carbocycles. The van der Waals surface area contributed by atoms with Crippen LogP contribution in [0.15, 0.2) is 51.4 Å². The van der Waals surface area contributed by atoms with Crippen molar-refractivity contribution in [2.75, 3.05) is 5.43 Å². The van der Waals surface area contributed by atoms with Crippen molar-refractivity contribution in [3.63, 3.8) is 0 Å². The number of rotatable bonds is 3. The van der Waals surface area contributed by atoms with Gasteiger partial charge in [-0.25, -0.2) is 0 Å². The molecule has 4 nitrogen and oxygen atoms in total. The molecule has 2 aromatic rings. The number of hydrogen-bond acceptors (Lipinski definition) is 3. The third-order valence-electron chi connectivity index (χ3n) is 2.39. The van der Waals surface area contributed by atoms with Gasteiger partial charge >= 0.3 is 0 Å². The number of hydrogen-bond donors (Lipinski definition) is 3. The number of anilines is 1. The minimum Gasteiger partial charge on any atom is -0.508 e. The summed E-state index contributed by atoms with van der Waals surface area (Å²) in [6, 6.07) is 11.6. The largest absolute Gasteiger partial charge is 0.508 e. The zero-order valence-corrected chi connectivity index (χ0v) is 12.8. The zero-order valence-electron chi connectivity index (χ0n) is 9.65. The smallest absolute Gasteiger partial charge is 0.269 e. The minimum atomic E-state index is -0.289. The molecule has 0 fully saturated rings. The van der Waals surface area contributed by atoms with Crippen molar-refractivity contribution >= 4 is 43.5 Å². The second-order valence-electron chi connectivity index (χ2n) is 3.72. The van der Waals surface area contributed by atoms with Crippen LogP contribution in [0.3, 0.4) is 0 Å². The molecule has 0 unspecified atom stereocenters. The number of phenolic OH excluding ortho intramolecular Hbond substituents is 1. The molecule has 0 saturated carbocycles. The molecule has 98 valence electrons. The van der Waals surface area contributed by atoms with Crippen molar-refractivity contribution in [3.05, 3.63) is 57.0 Å². The van der Waals surface area contributed by atoms with Crippen molar-refractivity contribution < 1.29 is 9.90 Å². The molecule has 0 radical (unpaired) electrons. The van der Waals surface area contributed by atoms with E-state index in [2.05, 4.69) is 42.7 Å². The number of halogens is 2. The van der Waals surface area contributed by atoms with Gasteiger partial charge in [-0.3, -0.25) is 15.6 Å². The van der Waals surface area contributed by atoms with Crippen molar-refractivity contribution in [2.45, 2.75) is 0 Å². The van der Waals surface area contributed by atoms with Crippen LogP contribution in [0.25, 0.3) is 0 Å². The molecule has 0 aliphatic heterocycles. The summed E-state index contributed by atoms with van der Waals surface area (Å²) in [5.74, 6) is -0.166. The monoisotopic (exact) mass is 384 g/mol. The number of hydrazine groups is 1. The first kappa shape index (κ1) is 13.9. The number of para-hydroxylation sites is 1. The highest BCUT2D eigenvalue weighted by Crippen LogP contribution is 2.29. The molecular formula is C13H10Br2N2O2. The second-order valence-corrected chi connectivity index (χ2v) is 5.43. The van der Waals surface area contributed by atoms with Gasteiger partial charge in [0.05, 0.1) is 5.69 Å². The average Bonchev–Trinajstić information content (AvgIpc) is 2.38. The number of aromatic hydroxyl groups is 1. The van der Waals surface area contributed by atoms with Crippen molar-refractivity contribution in [2.24, 2.45) is 0 Å². The van der Waals surface area contributed by atoms with Gasteiger partial charge < -0.3 is 5.11 Å². The van der Waals surface area contributed by atoms with Gasteiger partial charge in [0.2, 0.25) is 0 Å². The van der Waals surface area contributed by atoms with Gasteiger partial charge in [-0.05, 0) is 68.3 Å². The van der Waals surface area contributed by atoms with E-state index in [4.69, 9.17) is 5.11 Å². The first-order chi connectivity index (χ1) is 9.08. The van der Waals surface area contributed by atoms with Gasteiger partial charge in [0.15, 0.2) is 0 Å². The maximum atomic E-state index is 11.9. The molecule has 0 atom stereocenters. The summed E-state index contributed by atoms with van der Waals surface area (Å²) >= 11 is 6.77. The van der Waals surface area contributed by atoms with Crippen molar-refractivity contribution in [1.29, 1.82) is 0 Å². The molecule has 3 N–H and O–H groups in total. The Bertz CT molecular complexity index is 580. The second kappa shape index (κ2) is 6.08. The molecular weight excluding hydrogens is 376 g/mol. The lowest BCUT2D eigenvalue weighted by Crippen LogP contribution is -2.29. The molecule has 2 aromatic carbocycles. The Labute approximate surface area is 127 Å². The third-order valence-corrected chi connectivity index (χ3v) is 3.71. The lowest BCUT2D eigenvalue weighted by atomic mass is 10.2.